The summed E-state index contributed by atoms with van der Waals surface area (Å²) < 4.78 is 25.1. The average molecular weight is 446 g/mol. The lowest BCUT2D eigenvalue weighted by Crippen LogP contribution is -2.47. The first-order valence-corrected chi connectivity index (χ1v) is 11.2. The molecule has 1 aliphatic heterocycles. The molecule has 0 radical (unpaired) electrons. The summed E-state index contributed by atoms with van der Waals surface area (Å²) in [4.78, 5) is 16.8. The first-order chi connectivity index (χ1) is 14.4. The van der Waals surface area contributed by atoms with E-state index in [0.29, 0.717) is 43.2 Å². The van der Waals surface area contributed by atoms with E-state index in [1.165, 1.54) is 10.7 Å². The van der Waals surface area contributed by atoms with E-state index in [9.17, 15) is 13.2 Å². The van der Waals surface area contributed by atoms with Crippen molar-refractivity contribution in [2.45, 2.75) is 4.90 Å². The van der Waals surface area contributed by atoms with Crippen LogP contribution in [0.3, 0.4) is 0 Å². The van der Waals surface area contributed by atoms with Crippen molar-refractivity contribution >= 4 is 33.0 Å². The van der Waals surface area contributed by atoms with Gasteiger partial charge < -0.3 is 9.80 Å². The Morgan fingerprint density at radius 2 is 1.43 bits per heavy atom. The topological polar surface area (TPSA) is 102 Å². The largest absolute Gasteiger partial charge is 0.367 e. The SMILES string of the molecule is NS(=O)(=O)c1ccccc1N1CCN(c2cnn(-c3ccccc3)c(=O)c2Cl)CC1. The number of anilines is 2. The molecule has 2 N–H and O–H groups in total. The van der Waals surface area contributed by atoms with Gasteiger partial charge in [0.2, 0.25) is 10.0 Å². The minimum atomic E-state index is -3.82. The number of piperazine rings is 1. The number of primary sulfonamides is 1. The van der Waals surface area contributed by atoms with Crippen LogP contribution in [0.2, 0.25) is 5.02 Å². The van der Waals surface area contributed by atoms with Gasteiger partial charge in [-0.05, 0) is 24.3 Å². The highest BCUT2D eigenvalue weighted by Crippen LogP contribution is 2.28. The van der Waals surface area contributed by atoms with Crippen molar-refractivity contribution in [3.63, 3.8) is 0 Å². The van der Waals surface area contributed by atoms with Gasteiger partial charge in [0, 0.05) is 26.2 Å². The van der Waals surface area contributed by atoms with Crippen LogP contribution in [0.5, 0.6) is 0 Å². The van der Waals surface area contributed by atoms with Crippen molar-refractivity contribution in [1.29, 1.82) is 0 Å². The van der Waals surface area contributed by atoms with Gasteiger partial charge in [-0.1, -0.05) is 41.9 Å². The highest BCUT2D eigenvalue weighted by Gasteiger charge is 2.25. The molecule has 156 valence electrons. The number of benzene rings is 2. The molecule has 2 aromatic carbocycles. The Hall–Kier alpha value is -2.88. The van der Waals surface area contributed by atoms with Crippen molar-refractivity contribution in [1.82, 2.24) is 9.78 Å². The van der Waals surface area contributed by atoms with E-state index in [2.05, 4.69) is 5.10 Å². The Morgan fingerprint density at radius 3 is 2.07 bits per heavy atom. The van der Waals surface area contributed by atoms with Crippen LogP contribution in [0, 0.1) is 0 Å². The van der Waals surface area contributed by atoms with Crippen LogP contribution in [-0.2, 0) is 10.0 Å². The number of nitrogens with zero attached hydrogens (tertiary/aromatic N) is 4. The molecule has 0 bridgehead atoms. The van der Waals surface area contributed by atoms with Gasteiger partial charge in [-0.3, -0.25) is 4.79 Å². The second kappa shape index (κ2) is 8.10. The summed E-state index contributed by atoms with van der Waals surface area (Å²) in [5.74, 6) is 0. The molecule has 1 aliphatic rings. The summed E-state index contributed by atoms with van der Waals surface area (Å²) in [6.07, 6.45) is 1.59. The van der Waals surface area contributed by atoms with Crippen LogP contribution in [0.25, 0.3) is 5.69 Å². The van der Waals surface area contributed by atoms with E-state index < -0.39 is 10.0 Å². The van der Waals surface area contributed by atoms with E-state index in [1.54, 1.807) is 36.5 Å². The Labute approximate surface area is 179 Å². The van der Waals surface area contributed by atoms with E-state index >= 15 is 0 Å². The van der Waals surface area contributed by atoms with E-state index in [0.717, 1.165) is 0 Å². The van der Waals surface area contributed by atoms with Crippen molar-refractivity contribution in [3.05, 3.63) is 76.2 Å². The Bertz CT molecular complexity index is 1220. The van der Waals surface area contributed by atoms with Gasteiger partial charge in [0.05, 0.1) is 23.3 Å². The van der Waals surface area contributed by atoms with Crippen molar-refractivity contribution < 1.29 is 8.42 Å². The van der Waals surface area contributed by atoms with Gasteiger partial charge in [-0.15, -0.1) is 0 Å². The fourth-order valence-corrected chi connectivity index (χ4v) is 4.55. The standard InChI is InChI=1S/C20H20ClN5O3S/c21-19-17(14-23-26(20(19)27)15-6-2-1-3-7-15)25-12-10-24(11-13-25)16-8-4-5-9-18(16)30(22,28)29/h1-9,14H,10-13H2,(H2,22,28,29). The number of aromatic nitrogens is 2. The number of halogens is 1. The second-order valence-electron chi connectivity index (χ2n) is 6.88. The first kappa shape index (κ1) is 20.4. The monoisotopic (exact) mass is 445 g/mol. The number of hydrogen-bond acceptors (Lipinski definition) is 6. The van der Waals surface area contributed by atoms with Crippen LogP contribution >= 0.6 is 11.6 Å². The third kappa shape index (κ3) is 3.91. The van der Waals surface area contributed by atoms with Crippen molar-refractivity contribution in [2.75, 3.05) is 36.0 Å². The Balaban J connectivity index is 1.56. The minimum Gasteiger partial charge on any atom is -0.367 e. The van der Waals surface area contributed by atoms with Crippen LogP contribution in [0.1, 0.15) is 0 Å². The molecule has 0 spiro atoms. The van der Waals surface area contributed by atoms with Crippen molar-refractivity contribution in [3.8, 4) is 5.69 Å². The molecule has 1 fully saturated rings. The summed E-state index contributed by atoms with van der Waals surface area (Å²) in [6.45, 7) is 2.19. The molecule has 1 aromatic heterocycles. The smallest absolute Gasteiger partial charge is 0.292 e. The third-order valence-corrected chi connectivity index (χ3v) is 6.35. The molecule has 0 unspecified atom stereocenters. The molecular weight excluding hydrogens is 426 g/mol. The summed E-state index contributed by atoms with van der Waals surface area (Å²) in [6, 6.07) is 15.7. The Morgan fingerprint density at radius 1 is 0.867 bits per heavy atom. The normalized spacial score (nSPS) is 14.7. The zero-order valence-corrected chi connectivity index (χ0v) is 17.6. The van der Waals surface area contributed by atoms with Gasteiger partial charge in [-0.25, -0.2) is 13.6 Å². The van der Waals surface area contributed by atoms with E-state index in [4.69, 9.17) is 16.7 Å². The third-order valence-electron chi connectivity index (χ3n) is 5.03. The van der Waals surface area contributed by atoms with Gasteiger partial charge >= 0.3 is 0 Å². The maximum absolute atomic E-state index is 12.7. The van der Waals surface area contributed by atoms with Crippen molar-refractivity contribution in [2.24, 2.45) is 5.14 Å². The fourth-order valence-electron chi connectivity index (χ4n) is 3.54. The van der Waals surface area contributed by atoms with Crippen LogP contribution in [0.4, 0.5) is 11.4 Å². The number of rotatable bonds is 4. The molecule has 0 amide bonds. The molecule has 0 atom stereocenters. The zero-order valence-electron chi connectivity index (χ0n) is 16.0. The molecule has 0 aliphatic carbocycles. The lowest BCUT2D eigenvalue weighted by molar-refractivity contribution is 0.595. The molecule has 10 heteroatoms. The molecule has 8 nitrogen and oxygen atoms in total. The molecule has 2 heterocycles. The van der Waals surface area contributed by atoms with Gasteiger partial charge in [0.25, 0.3) is 5.56 Å². The predicted molar refractivity (Wildman–Crippen MR) is 117 cm³/mol. The summed E-state index contributed by atoms with van der Waals surface area (Å²) in [5.41, 5.74) is 1.39. The zero-order chi connectivity index (χ0) is 21.3. The maximum atomic E-state index is 12.7. The van der Waals surface area contributed by atoms with Crippen LogP contribution < -0.4 is 20.5 Å². The molecule has 1 saturated heterocycles. The lowest BCUT2D eigenvalue weighted by Gasteiger charge is -2.38. The van der Waals surface area contributed by atoms with Gasteiger partial charge in [-0.2, -0.15) is 9.78 Å². The number of para-hydroxylation sites is 2. The Kier molecular flexibility index (Phi) is 5.50. The minimum absolute atomic E-state index is 0.101. The van der Waals surface area contributed by atoms with Gasteiger partial charge in [0.15, 0.2) is 0 Å². The van der Waals surface area contributed by atoms with E-state index in [1.807, 2.05) is 28.0 Å². The van der Waals surface area contributed by atoms with Gasteiger partial charge in [0.1, 0.15) is 9.92 Å². The number of sulfonamides is 1. The summed E-state index contributed by atoms with van der Waals surface area (Å²) in [7, 11) is -3.82. The number of hydrogen-bond donors (Lipinski definition) is 1. The molecule has 4 rings (SSSR count). The quantitative estimate of drug-likeness (QED) is 0.657. The molecule has 0 saturated carbocycles. The predicted octanol–water partition coefficient (Wildman–Crippen LogP) is 1.86. The molecule has 30 heavy (non-hydrogen) atoms. The van der Waals surface area contributed by atoms with E-state index in [-0.39, 0.29) is 15.5 Å². The summed E-state index contributed by atoms with van der Waals surface area (Å²) >= 11 is 6.40. The second-order valence-corrected chi connectivity index (χ2v) is 8.79. The average Bonchev–Trinajstić information content (AvgIpc) is 2.76. The molecule has 3 aromatic rings. The highest BCUT2D eigenvalue weighted by molar-refractivity contribution is 7.89. The fraction of sp³-hybridized carbons (Fsp3) is 0.200. The van der Waals surface area contributed by atoms with Crippen LogP contribution in [0.15, 0.2) is 70.5 Å². The lowest BCUT2D eigenvalue weighted by atomic mass is 10.2. The maximum Gasteiger partial charge on any atom is 0.292 e. The number of nitrogens with two attached hydrogens (primary N) is 1. The summed E-state index contributed by atoms with van der Waals surface area (Å²) in [5, 5.41) is 9.73. The highest BCUT2D eigenvalue weighted by atomic mass is 35.5. The molecular formula is C20H20ClN5O3S. The van der Waals surface area contributed by atoms with Crippen LogP contribution in [-0.4, -0.2) is 44.4 Å². The first-order valence-electron chi connectivity index (χ1n) is 9.31.